The molecule has 0 unspecified atom stereocenters. The number of Topliss-reactive ketones (excluding diaryl/α,β-unsaturated/α-hetero) is 1. The second-order valence-corrected chi connectivity index (χ2v) is 8.19. The fourth-order valence-electron chi connectivity index (χ4n) is 3.75. The minimum atomic E-state index is -4.47. The molecule has 2 N–H and O–H groups in total. The summed E-state index contributed by atoms with van der Waals surface area (Å²) in [5, 5.41) is 3.26. The maximum Gasteiger partial charge on any atom is 0.416 e. The first-order valence-corrected chi connectivity index (χ1v) is 11.0. The number of aromatic nitrogens is 5. The standard InChI is InChI=1S/C26H19F3N6O/c1-15-7-8-17(21(36)11-16-4-2-6-19(10-16)26(27,28)29)12-20(15)33-25-22-24(32-14-31-22)34-23(35-25)18-5-3-9-30-13-18/h2-10,12-14H,11H2,1H3,(H2,31,32,33,34,35). The van der Waals surface area contributed by atoms with Crippen LogP contribution in [0.15, 0.2) is 73.3 Å². The summed E-state index contributed by atoms with van der Waals surface area (Å²) in [5.74, 6) is 0.587. The van der Waals surface area contributed by atoms with Gasteiger partial charge >= 0.3 is 6.18 Å². The van der Waals surface area contributed by atoms with Gasteiger partial charge in [0, 0.05) is 35.6 Å². The number of halogens is 3. The summed E-state index contributed by atoms with van der Waals surface area (Å²) in [7, 11) is 0. The second-order valence-electron chi connectivity index (χ2n) is 8.19. The largest absolute Gasteiger partial charge is 0.416 e. The van der Waals surface area contributed by atoms with E-state index < -0.39 is 11.7 Å². The van der Waals surface area contributed by atoms with Crippen molar-refractivity contribution >= 4 is 28.5 Å². The lowest BCUT2D eigenvalue weighted by molar-refractivity contribution is -0.137. The van der Waals surface area contributed by atoms with Gasteiger partial charge in [-0.3, -0.25) is 9.78 Å². The van der Waals surface area contributed by atoms with Crippen molar-refractivity contribution in [2.45, 2.75) is 19.5 Å². The number of nitrogens with zero attached hydrogens (tertiary/aromatic N) is 4. The smallest absolute Gasteiger partial charge is 0.340 e. The van der Waals surface area contributed by atoms with Crippen molar-refractivity contribution in [3.8, 4) is 11.4 Å². The van der Waals surface area contributed by atoms with E-state index in [9.17, 15) is 18.0 Å². The molecule has 0 atom stereocenters. The van der Waals surface area contributed by atoms with Crippen molar-refractivity contribution in [3.05, 3.63) is 95.6 Å². The molecule has 3 aromatic heterocycles. The topological polar surface area (TPSA) is 96.5 Å². The number of anilines is 2. The third kappa shape index (κ3) is 4.78. The maximum absolute atomic E-state index is 13.0. The number of hydrogen-bond donors (Lipinski definition) is 2. The SMILES string of the molecule is Cc1ccc(C(=O)Cc2cccc(C(F)(F)F)c2)cc1Nc1nc(-c2cccnc2)nc2nc[nH]c12. The Labute approximate surface area is 203 Å². The molecule has 7 nitrogen and oxygen atoms in total. The van der Waals surface area contributed by atoms with E-state index in [-0.39, 0.29) is 12.2 Å². The van der Waals surface area contributed by atoms with Gasteiger partial charge in [0.15, 0.2) is 23.1 Å². The number of ketones is 1. The number of imidazole rings is 1. The number of H-pyrrole nitrogens is 1. The molecule has 0 amide bonds. The number of aromatic amines is 1. The third-order valence-electron chi connectivity index (χ3n) is 5.64. The van der Waals surface area contributed by atoms with E-state index in [4.69, 9.17) is 0 Å². The number of benzene rings is 2. The number of hydrogen-bond acceptors (Lipinski definition) is 6. The molecule has 2 aromatic carbocycles. The van der Waals surface area contributed by atoms with Gasteiger partial charge in [0.25, 0.3) is 0 Å². The summed E-state index contributed by atoms with van der Waals surface area (Å²) in [4.78, 5) is 33.4. The Morgan fingerprint density at radius 2 is 1.92 bits per heavy atom. The Hall–Kier alpha value is -4.60. The highest BCUT2D eigenvalue weighted by molar-refractivity contribution is 5.99. The van der Waals surface area contributed by atoms with Crippen molar-refractivity contribution in [3.63, 3.8) is 0 Å². The molecule has 36 heavy (non-hydrogen) atoms. The normalized spacial score (nSPS) is 11.6. The lowest BCUT2D eigenvalue weighted by Gasteiger charge is -2.13. The van der Waals surface area contributed by atoms with Crippen LogP contribution in [0.2, 0.25) is 0 Å². The van der Waals surface area contributed by atoms with Crippen molar-refractivity contribution in [1.82, 2.24) is 24.9 Å². The van der Waals surface area contributed by atoms with E-state index in [1.54, 1.807) is 36.7 Å². The van der Waals surface area contributed by atoms with Gasteiger partial charge < -0.3 is 10.3 Å². The third-order valence-corrected chi connectivity index (χ3v) is 5.64. The van der Waals surface area contributed by atoms with Crippen LogP contribution in [-0.4, -0.2) is 30.7 Å². The van der Waals surface area contributed by atoms with Crippen LogP contribution in [-0.2, 0) is 12.6 Å². The summed E-state index contributed by atoms with van der Waals surface area (Å²) < 4.78 is 39.1. The summed E-state index contributed by atoms with van der Waals surface area (Å²) >= 11 is 0. The molecule has 0 saturated heterocycles. The zero-order valence-electron chi connectivity index (χ0n) is 19.0. The monoisotopic (exact) mass is 488 g/mol. The van der Waals surface area contributed by atoms with Crippen LogP contribution in [0, 0.1) is 6.92 Å². The van der Waals surface area contributed by atoms with Gasteiger partial charge in [0.2, 0.25) is 0 Å². The van der Waals surface area contributed by atoms with Crippen LogP contribution in [0.25, 0.3) is 22.6 Å². The molecule has 0 aliphatic rings. The fraction of sp³-hybridized carbons (Fsp3) is 0.115. The van der Waals surface area contributed by atoms with Crippen LogP contribution in [0.4, 0.5) is 24.7 Å². The summed E-state index contributed by atoms with van der Waals surface area (Å²) in [6.07, 6.45) is 0.191. The Balaban J connectivity index is 1.45. The van der Waals surface area contributed by atoms with Crippen LogP contribution >= 0.6 is 0 Å². The van der Waals surface area contributed by atoms with E-state index >= 15 is 0 Å². The fourth-order valence-corrected chi connectivity index (χ4v) is 3.75. The zero-order valence-corrected chi connectivity index (χ0v) is 19.0. The molecule has 0 aliphatic heterocycles. The second kappa shape index (κ2) is 9.21. The lowest BCUT2D eigenvalue weighted by atomic mass is 9.99. The highest BCUT2D eigenvalue weighted by Crippen LogP contribution is 2.30. The minimum absolute atomic E-state index is 0.157. The Kier molecular flexibility index (Phi) is 5.93. The van der Waals surface area contributed by atoms with Gasteiger partial charge in [-0.05, 0) is 42.3 Å². The molecule has 0 saturated carbocycles. The highest BCUT2D eigenvalue weighted by atomic mass is 19.4. The average molecular weight is 488 g/mol. The maximum atomic E-state index is 13.0. The summed E-state index contributed by atoms with van der Waals surface area (Å²) in [6.45, 7) is 1.87. The lowest BCUT2D eigenvalue weighted by Crippen LogP contribution is -2.08. The predicted molar refractivity (Wildman–Crippen MR) is 129 cm³/mol. The molecule has 0 aliphatic carbocycles. The van der Waals surface area contributed by atoms with Gasteiger partial charge in [-0.25, -0.2) is 15.0 Å². The van der Waals surface area contributed by atoms with Crippen molar-refractivity contribution in [2.24, 2.45) is 0 Å². The molecule has 0 radical (unpaired) electrons. The van der Waals surface area contributed by atoms with Crippen molar-refractivity contribution in [1.29, 1.82) is 0 Å². The van der Waals surface area contributed by atoms with Crippen LogP contribution in [0.3, 0.4) is 0 Å². The van der Waals surface area contributed by atoms with Crippen LogP contribution in [0.1, 0.15) is 27.0 Å². The van der Waals surface area contributed by atoms with Gasteiger partial charge in [0.1, 0.15) is 5.52 Å². The first-order chi connectivity index (χ1) is 17.3. The Bertz CT molecular complexity index is 1560. The Morgan fingerprint density at radius 1 is 1.06 bits per heavy atom. The number of carbonyl (C=O) groups excluding carboxylic acids is 1. The molecule has 180 valence electrons. The van der Waals surface area contributed by atoms with Crippen molar-refractivity contribution in [2.75, 3.05) is 5.32 Å². The van der Waals surface area contributed by atoms with Gasteiger partial charge in [-0.15, -0.1) is 0 Å². The average Bonchev–Trinajstić information content (AvgIpc) is 3.35. The van der Waals surface area contributed by atoms with E-state index in [0.717, 1.165) is 17.7 Å². The number of nitrogens with one attached hydrogen (secondary N) is 2. The highest BCUT2D eigenvalue weighted by Gasteiger charge is 2.30. The van der Waals surface area contributed by atoms with E-state index in [1.165, 1.54) is 18.5 Å². The molecule has 5 aromatic rings. The first kappa shape index (κ1) is 23.2. The number of rotatable bonds is 6. The number of pyridine rings is 1. The number of carbonyl (C=O) groups is 1. The van der Waals surface area contributed by atoms with Crippen LogP contribution in [0.5, 0.6) is 0 Å². The molecule has 0 bridgehead atoms. The minimum Gasteiger partial charge on any atom is -0.340 e. The quantitative estimate of drug-likeness (QED) is 0.289. The number of aryl methyl sites for hydroxylation is 1. The zero-order chi connectivity index (χ0) is 25.3. The molecule has 5 rings (SSSR count). The summed E-state index contributed by atoms with van der Waals surface area (Å²) in [5.41, 5.74) is 3.10. The van der Waals surface area contributed by atoms with E-state index in [0.29, 0.717) is 45.2 Å². The van der Waals surface area contributed by atoms with Gasteiger partial charge in [-0.1, -0.05) is 30.3 Å². The summed E-state index contributed by atoms with van der Waals surface area (Å²) in [6, 6.07) is 13.5. The predicted octanol–water partition coefficient (Wildman–Crippen LogP) is 5.91. The van der Waals surface area contributed by atoms with Crippen LogP contribution < -0.4 is 5.32 Å². The van der Waals surface area contributed by atoms with Gasteiger partial charge in [-0.2, -0.15) is 13.2 Å². The molecular weight excluding hydrogens is 469 g/mol. The molecule has 10 heteroatoms. The van der Waals surface area contributed by atoms with E-state index in [1.807, 2.05) is 13.0 Å². The van der Waals surface area contributed by atoms with E-state index in [2.05, 4.69) is 30.2 Å². The number of fused-ring (bicyclic) bond motifs is 1. The van der Waals surface area contributed by atoms with Gasteiger partial charge in [0.05, 0.1) is 11.9 Å². The number of alkyl halides is 3. The van der Waals surface area contributed by atoms with Crippen molar-refractivity contribution < 1.29 is 18.0 Å². The molecule has 0 spiro atoms. The Morgan fingerprint density at radius 3 is 2.69 bits per heavy atom. The first-order valence-electron chi connectivity index (χ1n) is 11.0. The molecule has 3 heterocycles. The molecule has 0 fully saturated rings. The molecular formula is C26H19F3N6O.